The Hall–Kier alpha value is -2.20. The van der Waals surface area contributed by atoms with E-state index in [1.807, 2.05) is 24.3 Å². The molecule has 0 aliphatic rings. The number of nitrogens with one attached hydrogen (secondary N) is 1. The van der Waals surface area contributed by atoms with Gasteiger partial charge in [0.2, 0.25) is 0 Å². The molecule has 2 aromatic rings. The predicted molar refractivity (Wildman–Crippen MR) is 69.7 cm³/mol. The Bertz CT molecular complexity index is 526. The van der Waals surface area contributed by atoms with Crippen LogP contribution in [0.25, 0.3) is 0 Å². The van der Waals surface area contributed by atoms with E-state index in [4.69, 9.17) is 5.73 Å². The van der Waals surface area contributed by atoms with Crippen LogP contribution >= 0.6 is 0 Å². The van der Waals surface area contributed by atoms with Gasteiger partial charge in [-0.05, 0) is 23.3 Å². The highest BCUT2D eigenvalue weighted by Gasteiger charge is 2.06. The number of rotatable bonds is 4. The molecule has 0 saturated heterocycles. The van der Waals surface area contributed by atoms with Gasteiger partial charge in [-0.2, -0.15) is 0 Å². The van der Waals surface area contributed by atoms with Crippen LogP contribution in [-0.2, 0) is 13.1 Å². The van der Waals surface area contributed by atoms with Gasteiger partial charge in [0.1, 0.15) is 0 Å². The number of pyridine rings is 1. The lowest BCUT2D eigenvalue weighted by molar-refractivity contribution is 0.0950. The molecule has 0 unspecified atom stereocenters. The molecule has 0 aliphatic carbocycles. The number of nitrogens with two attached hydrogens (primary N) is 1. The summed E-state index contributed by atoms with van der Waals surface area (Å²) in [6.07, 6.45) is 3.19. The zero-order chi connectivity index (χ0) is 12.8. The van der Waals surface area contributed by atoms with Crippen molar-refractivity contribution < 1.29 is 4.79 Å². The first-order chi connectivity index (χ1) is 8.81. The van der Waals surface area contributed by atoms with E-state index in [0.717, 1.165) is 11.1 Å². The van der Waals surface area contributed by atoms with Crippen molar-refractivity contribution in [1.82, 2.24) is 10.3 Å². The molecular weight excluding hydrogens is 226 g/mol. The van der Waals surface area contributed by atoms with Gasteiger partial charge in [-0.15, -0.1) is 0 Å². The summed E-state index contributed by atoms with van der Waals surface area (Å²) >= 11 is 0. The van der Waals surface area contributed by atoms with Crippen molar-refractivity contribution in [3.8, 4) is 0 Å². The summed E-state index contributed by atoms with van der Waals surface area (Å²) in [4.78, 5) is 15.7. The first-order valence-corrected chi connectivity index (χ1v) is 5.76. The van der Waals surface area contributed by atoms with Crippen LogP contribution in [0.4, 0.5) is 0 Å². The van der Waals surface area contributed by atoms with E-state index in [-0.39, 0.29) is 5.91 Å². The van der Waals surface area contributed by atoms with Crippen molar-refractivity contribution in [3.05, 3.63) is 65.5 Å². The predicted octanol–water partition coefficient (Wildman–Crippen LogP) is 1.47. The smallest absolute Gasteiger partial charge is 0.253 e. The highest BCUT2D eigenvalue weighted by Crippen LogP contribution is 2.07. The molecule has 0 aliphatic heterocycles. The maximum Gasteiger partial charge on any atom is 0.253 e. The Labute approximate surface area is 106 Å². The first kappa shape index (κ1) is 12.3. The number of carbonyl (C=O) groups is 1. The lowest BCUT2D eigenvalue weighted by Gasteiger charge is -2.09. The molecule has 2 rings (SSSR count). The number of hydrogen-bond donors (Lipinski definition) is 2. The summed E-state index contributed by atoms with van der Waals surface area (Å²) in [7, 11) is 0. The van der Waals surface area contributed by atoms with Gasteiger partial charge in [0, 0.05) is 25.5 Å². The molecular formula is C14H15N3O. The van der Waals surface area contributed by atoms with E-state index >= 15 is 0 Å². The fourth-order valence-corrected chi connectivity index (χ4v) is 1.70. The number of benzene rings is 1. The SMILES string of the molecule is NCc1ccccc1CNC(=O)c1cccnc1. The van der Waals surface area contributed by atoms with Gasteiger partial charge in [0.25, 0.3) is 5.91 Å². The molecule has 0 radical (unpaired) electrons. The average Bonchev–Trinajstić information content (AvgIpc) is 2.46. The van der Waals surface area contributed by atoms with Crippen molar-refractivity contribution in [1.29, 1.82) is 0 Å². The Morgan fingerprint density at radius 1 is 1.17 bits per heavy atom. The quantitative estimate of drug-likeness (QED) is 0.851. The summed E-state index contributed by atoms with van der Waals surface area (Å²) in [6, 6.07) is 11.3. The highest BCUT2D eigenvalue weighted by molar-refractivity contribution is 5.93. The van der Waals surface area contributed by atoms with Crippen LogP contribution in [0, 0.1) is 0 Å². The summed E-state index contributed by atoms with van der Waals surface area (Å²) in [5.74, 6) is -0.130. The molecule has 18 heavy (non-hydrogen) atoms. The van der Waals surface area contributed by atoms with Crippen molar-refractivity contribution in [3.63, 3.8) is 0 Å². The van der Waals surface area contributed by atoms with Crippen LogP contribution in [0.15, 0.2) is 48.8 Å². The lowest BCUT2D eigenvalue weighted by atomic mass is 10.1. The van der Waals surface area contributed by atoms with Gasteiger partial charge in [0.05, 0.1) is 5.56 Å². The van der Waals surface area contributed by atoms with Gasteiger partial charge in [-0.25, -0.2) is 0 Å². The second kappa shape index (κ2) is 5.93. The van der Waals surface area contributed by atoms with E-state index in [2.05, 4.69) is 10.3 Å². The number of hydrogen-bond acceptors (Lipinski definition) is 3. The first-order valence-electron chi connectivity index (χ1n) is 5.76. The van der Waals surface area contributed by atoms with Gasteiger partial charge in [-0.1, -0.05) is 24.3 Å². The molecule has 4 nitrogen and oxygen atoms in total. The molecule has 1 aromatic carbocycles. The van der Waals surface area contributed by atoms with Gasteiger partial charge < -0.3 is 11.1 Å². The minimum atomic E-state index is -0.130. The van der Waals surface area contributed by atoms with E-state index in [9.17, 15) is 4.79 Å². The molecule has 92 valence electrons. The third-order valence-corrected chi connectivity index (χ3v) is 2.70. The molecule has 0 bridgehead atoms. The van der Waals surface area contributed by atoms with Crippen molar-refractivity contribution >= 4 is 5.91 Å². The van der Waals surface area contributed by atoms with Gasteiger partial charge >= 0.3 is 0 Å². The van der Waals surface area contributed by atoms with Crippen LogP contribution in [-0.4, -0.2) is 10.9 Å². The second-order valence-electron chi connectivity index (χ2n) is 3.90. The van der Waals surface area contributed by atoms with Crippen molar-refractivity contribution in [2.75, 3.05) is 0 Å². The number of carbonyl (C=O) groups excluding carboxylic acids is 1. The Balaban J connectivity index is 2.02. The van der Waals surface area contributed by atoms with E-state index in [1.165, 1.54) is 0 Å². The van der Waals surface area contributed by atoms with Gasteiger partial charge in [0.15, 0.2) is 0 Å². The third kappa shape index (κ3) is 2.93. The molecule has 1 amide bonds. The number of aromatic nitrogens is 1. The van der Waals surface area contributed by atoms with Crippen molar-refractivity contribution in [2.45, 2.75) is 13.1 Å². The largest absolute Gasteiger partial charge is 0.348 e. The van der Waals surface area contributed by atoms with Crippen LogP contribution in [0.5, 0.6) is 0 Å². The molecule has 0 saturated carbocycles. The van der Waals surface area contributed by atoms with Crippen LogP contribution in [0.2, 0.25) is 0 Å². The second-order valence-corrected chi connectivity index (χ2v) is 3.90. The molecule has 0 fully saturated rings. The van der Waals surface area contributed by atoms with Gasteiger partial charge in [-0.3, -0.25) is 9.78 Å². The summed E-state index contributed by atoms with van der Waals surface area (Å²) < 4.78 is 0. The third-order valence-electron chi connectivity index (χ3n) is 2.70. The maximum atomic E-state index is 11.8. The van der Waals surface area contributed by atoms with Crippen molar-refractivity contribution in [2.24, 2.45) is 5.73 Å². The molecule has 3 N–H and O–H groups in total. The fourth-order valence-electron chi connectivity index (χ4n) is 1.70. The Kier molecular flexibility index (Phi) is 4.04. The van der Waals surface area contributed by atoms with Crippen LogP contribution in [0.1, 0.15) is 21.5 Å². The molecule has 0 atom stereocenters. The Morgan fingerprint density at radius 2 is 1.94 bits per heavy atom. The number of amides is 1. The number of nitrogens with zero attached hydrogens (tertiary/aromatic N) is 1. The summed E-state index contributed by atoms with van der Waals surface area (Å²) in [5, 5.41) is 2.86. The van der Waals surface area contributed by atoms with E-state index in [1.54, 1.807) is 24.5 Å². The minimum absolute atomic E-state index is 0.130. The average molecular weight is 241 g/mol. The normalized spacial score (nSPS) is 10.1. The monoisotopic (exact) mass is 241 g/mol. The molecule has 4 heteroatoms. The van der Waals surface area contributed by atoms with E-state index in [0.29, 0.717) is 18.7 Å². The molecule has 1 aromatic heterocycles. The minimum Gasteiger partial charge on any atom is -0.348 e. The fraction of sp³-hybridized carbons (Fsp3) is 0.143. The van der Waals surface area contributed by atoms with E-state index < -0.39 is 0 Å². The Morgan fingerprint density at radius 3 is 2.61 bits per heavy atom. The molecule has 0 spiro atoms. The zero-order valence-electron chi connectivity index (χ0n) is 9.97. The van der Waals surface area contributed by atoms with Crippen LogP contribution < -0.4 is 11.1 Å². The summed E-state index contributed by atoms with van der Waals surface area (Å²) in [5.41, 5.74) is 8.29. The summed E-state index contributed by atoms with van der Waals surface area (Å²) in [6.45, 7) is 0.944. The topological polar surface area (TPSA) is 68.0 Å². The zero-order valence-corrected chi connectivity index (χ0v) is 9.97. The molecule has 1 heterocycles. The van der Waals surface area contributed by atoms with Crippen LogP contribution in [0.3, 0.4) is 0 Å². The lowest BCUT2D eigenvalue weighted by Crippen LogP contribution is -2.23. The highest BCUT2D eigenvalue weighted by atomic mass is 16.1. The standard InChI is InChI=1S/C14H15N3O/c15-8-11-4-1-2-5-12(11)10-17-14(18)13-6-3-7-16-9-13/h1-7,9H,8,10,15H2,(H,17,18). The maximum absolute atomic E-state index is 11.8.